The predicted molar refractivity (Wildman–Crippen MR) is 53.7 cm³/mol. The zero-order valence-electron chi connectivity index (χ0n) is 7.86. The van der Waals surface area contributed by atoms with Crippen LogP contribution >= 0.6 is 0 Å². The molecule has 1 heterocycles. The molecule has 0 fully saturated rings. The molecule has 0 amide bonds. The van der Waals surface area contributed by atoms with Crippen LogP contribution in [0.4, 0.5) is 0 Å². The molecule has 1 aromatic carbocycles. The Bertz CT molecular complexity index is 317. The predicted octanol–water partition coefficient (Wildman–Crippen LogP) is 3.05. The Morgan fingerprint density at radius 1 is 1.38 bits per heavy atom. The first kappa shape index (κ1) is 8.52. The van der Waals surface area contributed by atoms with Crippen LogP contribution in [-0.2, 0) is 4.74 Å². The zero-order chi connectivity index (χ0) is 9.26. The van der Waals surface area contributed by atoms with Gasteiger partial charge < -0.3 is 4.74 Å². The fraction of sp³-hybridized carbons (Fsp3) is 0.333. The van der Waals surface area contributed by atoms with E-state index >= 15 is 0 Å². The van der Waals surface area contributed by atoms with Gasteiger partial charge in [-0.25, -0.2) is 0 Å². The largest absolute Gasteiger partial charge is 0.369 e. The lowest BCUT2D eigenvalue weighted by Gasteiger charge is -2.28. The van der Waals surface area contributed by atoms with Gasteiger partial charge in [-0.3, -0.25) is 0 Å². The van der Waals surface area contributed by atoms with E-state index in [2.05, 4.69) is 37.8 Å². The van der Waals surface area contributed by atoms with E-state index in [1.54, 1.807) is 0 Å². The van der Waals surface area contributed by atoms with Crippen LogP contribution in [-0.4, -0.2) is 6.61 Å². The molecule has 0 spiro atoms. The van der Waals surface area contributed by atoms with Crippen molar-refractivity contribution in [3.63, 3.8) is 0 Å². The second-order valence-corrected chi connectivity index (χ2v) is 3.52. The molecule has 1 heteroatoms. The molecule has 13 heavy (non-hydrogen) atoms. The van der Waals surface area contributed by atoms with Crippen molar-refractivity contribution in [2.24, 2.45) is 0 Å². The highest BCUT2D eigenvalue weighted by atomic mass is 16.5. The summed E-state index contributed by atoms with van der Waals surface area (Å²) in [6, 6.07) is 8.44. The number of ether oxygens (including phenoxy) is 1. The van der Waals surface area contributed by atoms with Gasteiger partial charge in [0.1, 0.15) is 6.10 Å². The van der Waals surface area contributed by atoms with Gasteiger partial charge in [-0.1, -0.05) is 37.3 Å². The maximum atomic E-state index is 5.65. The minimum Gasteiger partial charge on any atom is -0.369 e. The third kappa shape index (κ3) is 1.40. The van der Waals surface area contributed by atoms with Gasteiger partial charge in [-0.05, 0) is 11.1 Å². The molecule has 0 aliphatic carbocycles. The third-order valence-corrected chi connectivity index (χ3v) is 2.57. The highest BCUT2D eigenvalue weighted by Crippen LogP contribution is 2.33. The average Bonchev–Trinajstić information content (AvgIpc) is 2.19. The summed E-state index contributed by atoms with van der Waals surface area (Å²) in [6.45, 7) is 6.78. The Labute approximate surface area is 79.0 Å². The van der Waals surface area contributed by atoms with Crippen LogP contribution in [0, 0.1) is 0 Å². The van der Waals surface area contributed by atoms with Crippen LogP contribution in [0.5, 0.6) is 0 Å². The minimum absolute atomic E-state index is 0.0902. The maximum absolute atomic E-state index is 5.65. The van der Waals surface area contributed by atoms with Crippen molar-refractivity contribution in [1.82, 2.24) is 0 Å². The first-order valence-electron chi connectivity index (χ1n) is 4.66. The molecule has 1 aliphatic heterocycles. The van der Waals surface area contributed by atoms with Gasteiger partial charge in [0, 0.05) is 5.92 Å². The third-order valence-electron chi connectivity index (χ3n) is 2.57. The molecule has 1 aliphatic rings. The van der Waals surface area contributed by atoms with Crippen molar-refractivity contribution < 1.29 is 4.74 Å². The molecule has 0 N–H and O–H groups in total. The lowest BCUT2D eigenvalue weighted by molar-refractivity contribution is 0.0616. The Kier molecular flexibility index (Phi) is 2.19. The molecule has 68 valence electrons. The molecule has 1 nitrogen and oxygen atoms in total. The summed E-state index contributed by atoms with van der Waals surface area (Å²) < 4.78 is 5.65. The van der Waals surface area contributed by atoms with E-state index in [9.17, 15) is 0 Å². The van der Waals surface area contributed by atoms with Gasteiger partial charge in [0.25, 0.3) is 0 Å². The first-order chi connectivity index (χ1) is 6.33. The topological polar surface area (TPSA) is 9.23 Å². The minimum atomic E-state index is 0.0902. The summed E-state index contributed by atoms with van der Waals surface area (Å²) in [5.41, 5.74) is 2.68. The Balaban J connectivity index is 2.47. The molecular weight excluding hydrogens is 160 g/mol. The van der Waals surface area contributed by atoms with Crippen LogP contribution in [0.1, 0.15) is 30.1 Å². The summed E-state index contributed by atoms with van der Waals surface area (Å²) in [6.07, 6.45) is 1.96. The average molecular weight is 174 g/mol. The first-order valence-corrected chi connectivity index (χ1v) is 4.66. The van der Waals surface area contributed by atoms with E-state index < -0.39 is 0 Å². The lowest BCUT2D eigenvalue weighted by atomic mass is 9.91. The molecule has 0 radical (unpaired) electrons. The fourth-order valence-corrected chi connectivity index (χ4v) is 1.84. The highest BCUT2D eigenvalue weighted by molar-refractivity contribution is 5.35. The smallest absolute Gasteiger partial charge is 0.101 e. The summed E-state index contributed by atoms with van der Waals surface area (Å²) in [4.78, 5) is 0. The number of fused-ring (bicyclic) bond motifs is 1. The lowest BCUT2D eigenvalue weighted by Crippen LogP contribution is -2.17. The van der Waals surface area contributed by atoms with Crippen LogP contribution in [0.3, 0.4) is 0 Å². The van der Waals surface area contributed by atoms with Crippen molar-refractivity contribution in [2.45, 2.75) is 18.9 Å². The van der Waals surface area contributed by atoms with E-state index in [-0.39, 0.29) is 6.10 Å². The summed E-state index contributed by atoms with van der Waals surface area (Å²) in [5.74, 6) is 0.507. The molecule has 0 bridgehead atoms. The van der Waals surface area contributed by atoms with E-state index in [4.69, 9.17) is 4.74 Å². The van der Waals surface area contributed by atoms with Crippen LogP contribution in [0.15, 0.2) is 36.9 Å². The van der Waals surface area contributed by atoms with E-state index in [0.29, 0.717) is 5.92 Å². The molecule has 0 saturated carbocycles. The van der Waals surface area contributed by atoms with Crippen LogP contribution < -0.4 is 0 Å². The van der Waals surface area contributed by atoms with Gasteiger partial charge in [0.05, 0.1) is 6.61 Å². The van der Waals surface area contributed by atoms with Crippen molar-refractivity contribution in [1.29, 1.82) is 0 Å². The normalized spacial score (nSPS) is 26.5. The van der Waals surface area contributed by atoms with Crippen molar-refractivity contribution in [3.05, 3.63) is 48.0 Å². The maximum Gasteiger partial charge on any atom is 0.101 e. The molecule has 0 unspecified atom stereocenters. The molecular formula is C12H14O. The Morgan fingerprint density at radius 2 is 2.08 bits per heavy atom. The zero-order valence-corrected chi connectivity index (χ0v) is 7.86. The fourth-order valence-electron chi connectivity index (χ4n) is 1.84. The van der Waals surface area contributed by atoms with Crippen molar-refractivity contribution in [3.8, 4) is 0 Å². The second-order valence-electron chi connectivity index (χ2n) is 3.52. The molecule has 0 saturated heterocycles. The summed E-state index contributed by atoms with van der Waals surface area (Å²) in [5, 5.41) is 0. The van der Waals surface area contributed by atoms with E-state index in [0.717, 1.165) is 6.61 Å². The summed E-state index contributed by atoms with van der Waals surface area (Å²) in [7, 11) is 0. The summed E-state index contributed by atoms with van der Waals surface area (Å²) >= 11 is 0. The van der Waals surface area contributed by atoms with E-state index in [1.807, 2.05) is 6.08 Å². The number of benzene rings is 1. The molecule has 2 atom stereocenters. The second kappa shape index (κ2) is 3.35. The van der Waals surface area contributed by atoms with Gasteiger partial charge in [-0.15, -0.1) is 6.58 Å². The van der Waals surface area contributed by atoms with Crippen molar-refractivity contribution in [2.75, 3.05) is 6.61 Å². The molecule has 0 aromatic heterocycles. The van der Waals surface area contributed by atoms with Crippen LogP contribution in [0.2, 0.25) is 0 Å². The van der Waals surface area contributed by atoms with Crippen molar-refractivity contribution >= 4 is 0 Å². The molecule has 1 aromatic rings. The van der Waals surface area contributed by atoms with Gasteiger partial charge in [-0.2, -0.15) is 0 Å². The number of hydrogen-bond acceptors (Lipinski definition) is 1. The SMILES string of the molecule is C=C[C@H]1OC[C@H](C)c2ccccc21. The monoisotopic (exact) mass is 174 g/mol. The van der Waals surface area contributed by atoms with Gasteiger partial charge in [0.2, 0.25) is 0 Å². The van der Waals surface area contributed by atoms with Crippen LogP contribution in [0.25, 0.3) is 0 Å². The number of hydrogen-bond donors (Lipinski definition) is 0. The van der Waals surface area contributed by atoms with Gasteiger partial charge >= 0.3 is 0 Å². The Hall–Kier alpha value is -1.08. The quantitative estimate of drug-likeness (QED) is 0.594. The van der Waals surface area contributed by atoms with Gasteiger partial charge in [0.15, 0.2) is 0 Å². The Morgan fingerprint density at radius 3 is 2.77 bits per heavy atom. The number of rotatable bonds is 1. The van der Waals surface area contributed by atoms with E-state index in [1.165, 1.54) is 11.1 Å². The standard InChI is InChI=1S/C12H14O/c1-3-12-11-7-5-4-6-10(11)9(2)8-13-12/h3-7,9,12H,1,8H2,2H3/t9-,12+/m0/s1. The highest BCUT2D eigenvalue weighted by Gasteiger charge is 2.22. The molecule has 2 rings (SSSR count).